The van der Waals surface area contributed by atoms with Gasteiger partial charge in [0, 0.05) is 33.4 Å². The molecule has 2 rings (SSSR count). The maximum Gasteiger partial charge on any atom is 0.387 e. The van der Waals surface area contributed by atoms with Crippen LogP contribution < -0.4 is 14.8 Å². The first kappa shape index (κ1) is 22.2. The van der Waals surface area contributed by atoms with E-state index in [0.717, 1.165) is 57.1 Å². The van der Waals surface area contributed by atoms with Crippen molar-refractivity contribution in [1.29, 1.82) is 0 Å². The Balaban J connectivity index is 2.00. The molecule has 1 saturated heterocycles. The molecule has 1 fully saturated rings. The monoisotopic (exact) mass is 399 g/mol. The second kappa shape index (κ2) is 11.7. The molecule has 1 aromatic carbocycles. The third-order valence-corrected chi connectivity index (χ3v) is 4.77. The molecular weight excluding hydrogens is 368 g/mol. The minimum absolute atomic E-state index is 0.0167. The van der Waals surface area contributed by atoms with Gasteiger partial charge in [-0.2, -0.15) is 8.78 Å². The summed E-state index contributed by atoms with van der Waals surface area (Å²) in [5, 5.41) is 3.29. The Morgan fingerprint density at radius 3 is 2.71 bits per heavy atom. The average molecular weight is 399 g/mol. The summed E-state index contributed by atoms with van der Waals surface area (Å²) in [6.07, 6.45) is 3.32. The lowest BCUT2D eigenvalue weighted by Crippen LogP contribution is -2.40. The minimum Gasteiger partial charge on any atom is -0.493 e. The summed E-state index contributed by atoms with van der Waals surface area (Å²) in [5.41, 5.74) is 0.768. The zero-order valence-corrected chi connectivity index (χ0v) is 16.9. The van der Waals surface area contributed by atoms with Gasteiger partial charge in [-0.25, -0.2) is 4.99 Å². The van der Waals surface area contributed by atoms with Crippen molar-refractivity contribution in [1.82, 2.24) is 10.2 Å². The van der Waals surface area contributed by atoms with Gasteiger partial charge >= 0.3 is 6.61 Å². The largest absolute Gasteiger partial charge is 0.493 e. The molecule has 0 amide bonds. The Morgan fingerprint density at radius 1 is 1.32 bits per heavy atom. The first-order valence-corrected chi connectivity index (χ1v) is 9.72. The minimum atomic E-state index is -2.90. The Labute approximate surface area is 165 Å². The summed E-state index contributed by atoms with van der Waals surface area (Å²) in [5.74, 6) is 1.77. The number of halogens is 2. The third kappa shape index (κ3) is 7.14. The highest BCUT2D eigenvalue weighted by Gasteiger charge is 2.16. The number of rotatable bonds is 9. The maximum atomic E-state index is 12.6. The van der Waals surface area contributed by atoms with E-state index in [2.05, 4.69) is 19.9 Å². The van der Waals surface area contributed by atoms with Crippen LogP contribution >= 0.6 is 0 Å². The molecule has 1 heterocycles. The van der Waals surface area contributed by atoms with Crippen molar-refractivity contribution < 1.29 is 23.0 Å². The second-order valence-electron chi connectivity index (χ2n) is 6.80. The van der Waals surface area contributed by atoms with E-state index in [1.165, 1.54) is 7.11 Å². The summed E-state index contributed by atoms with van der Waals surface area (Å²) in [4.78, 5) is 6.76. The van der Waals surface area contributed by atoms with E-state index in [4.69, 9.17) is 9.47 Å². The van der Waals surface area contributed by atoms with Gasteiger partial charge in [0.2, 0.25) is 0 Å². The molecule has 1 N–H and O–H groups in total. The number of ether oxygens (including phenoxy) is 3. The summed E-state index contributed by atoms with van der Waals surface area (Å²) in [6.45, 7) is 2.83. The van der Waals surface area contributed by atoms with Gasteiger partial charge in [0.15, 0.2) is 17.5 Å². The van der Waals surface area contributed by atoms with E-state index in [0.29, 0.717) is 12.5 Å². The highest BCUT2D eigenvalue weighted by atomic mass is 19.3. The number of benzene rings is 1. The SMILES string of the molecule is CCNC(=NCc1ccc(OC)c(OC(F)F)c1)N(C)CCC1CCOCC1. The van der Waals surface area contributed by atoms with E-state index in [9.17, 15) is 8.78 Å². The molecule has 0 aliphatic carbocycles. The lowest BCUT2D eigenvalue weighted by Gasteiger charge is -2.26. The van der Waals surface area contributed by atoms with Crippen LogP contribution in [-0.2, 0) is 11.3 Å². The molecule has 0 unspecified atom stereocenters. The number of aliphatic imine (C=N–C) groups is 1. The smallest absolute Gasteiger partial charge is 0.387 e. The Bertz CT molecular complexity index is 623. The van der Waals surface area contributed by atoms with Crippen molar-refractivity contribution in [2.24, 2.45) is 10.9 Å². The fraction of sp³-hybridized carbons (Fsp3) is 0.650. The van der Waals surface area contributed by atoms with E-state index < -0.39 is 6.61 Å². The Hall–Kier alpha value is -2.09. The fourth-order valence-electron chi connectivity index (χ4n) is 3.16. The first-order valence-electron chi connectivity index (χ1n) is 9.72. The van der Waals surface area contributed by atoms with Crippen molar-refractivity contribution in [2.75, 3.05) is 40.5 Å². The number of guanidine groups is 1. The van der Waals surface area contributed by atoms with E-state index in [1.54, 1.807) is 18.2 Å². The van der Waals surface area contributed by atoms with Crippen LogP contribution in [0.5, 0.6) is 11.5 Å². The number of nitrogens with one attached hydrogen (secondary N) is 1. The van der Waals surface area contributed by atoms with Crippen LogP contribution in [0.4, 0.5) is 8.78 Å². The Kier molecular flexibility index (Phi) is 9.27. The van der Waals surface area contributed by atoms with Crippen molar-refractivity contribution in [3.05, 3.63) is 23.8 Å². The van der Waals surface area contributed by atoms with Gasteiger partial charge in [-0.1, -0.05) is 6.07 Å². The van der Waals surface area contributed by atoms with Crippen LogP contribution in [0.1, 0.15) is 31.7 Å². The van der Waals surface area contributed by atoms with Crippen molar-refractivity contribution in [3.63, 3.8) is 0 Å². The van der Waals surface area contributed by atoms with E-state index in [1.807, 2.05) is 14.0 Å². The molecule has 1 aliphatic heterocycles. The molecule has 158 valence electrons. The molecule has 0 radical (unpaired) electrons. The van der Waals surface area contributed by atoms with Crippen molar-refractivity contribution >= 4 is 5.96 Å². The number of alkyl halides is 2. The summed E-state index contributed by atoms with van der Waals surface area (Å²) in [6, 6.07) is 4.96. The second-order valence-corrected chi connectivity index (χ2v) is 6.80. The predicted octanol–water partition coefficient (Wildman–Crippen LogP) is 3.51. The van der Waals surface area contributed by atoms with Crippen LogP contribution in [0, 0.1) is 5.92 Å². The zero-order valence-electron chi connectivity index (χ0n) is 16.9. The Morgan fingerprint density at radius 2 is 2.07 bits per heavy atom. The molecule has 0 aromatic heterocycles. The molecule has 0 atom stereocenters. The van der Waals surface area contributed by atoms with Crippen LogP contribution in [0.25, 0.3) is 0 Å². The normalized spacial score (nSPS) is 15.6. The molecular formula is C20H31F2N3O3. The predicted molar refractivity (Wildman–Crippen MR) is 105 cm³/mol. The van der Waals surface area contributed by atoms with Gasteiger partial charge in [-0.15, -0.1) is 0 Å². The maximum absolute atomic E-state index is 12.6. The quantitative estimate of drug-likeness (QED) is 0.509. The molecule has 28 heavy (non-hydrogen) atoms. The third-order valence-electron chi connectivity index (χ3n) is 4.77. The summed E-state index contributed by atoms with van der Waals surface area (Å²) in [7, 11) is 3.43. The van der Waals surface area contributed by atoms with E-state index >= 15 is 0 Å². The number of methoxy groups -OCH3 is 1. The molecule has 0 spiro atoms. The van der Waals surface area contributed by atoms with Gasteiger partial charge in [-0.05, 0) is 49.8 Å². The van der Waals surface area contributed by atoms with Gasteiger partial charge in [0.1, 0.15) is 0 Å². The fourth-order valence-corrected chi connectivity index (χ4v) is 3.16. The molecule has 1 aromatic rings. The van der Waals surface area contributed by atoms with Gasteiger partial charge in [0.25, 0.3) is 0 Å². The van der Waals surface area contributed by atoms with Gasteiger partial charge in [-0.3, -0.25) is 0 Å². The number of nitrogens with zero attached hydrogens (tertiary/aromatic N) is 2. The zero-order chi connectivity index (χ0) is 20.4. The van der Waals surface area contributed by atoms with Crippen LogP contribution in [0.2, 0.25) is 0 Å². The first-order chi connectivity index (χ1) is 13.5. The van der Waals surface area contributed by atoms with E-state index in [-0.39, 0.29) is 11.5 Å². The lowest BCUT2D eigenvalue weighted by atomic mass is 9.96. The van der Waals surface area contributed by atoms with Crippen molar-refractivity contribution in [3.8, 4) is 11.5 Å². The molecule has 1 aliphatic rings. The summed E-state index contributed by atoms with van der Waals surface area (Å²) >= 11 is 0. The average Bonchev–Trinajstić information content (AvgIpc) is 2.69. The number of hydrogen-bond acceptors (Lipinski definition) is 4. The summed E-state index contributed by atoms with van der Waals surface area (Å²) < 4.78 is 40.2. The standard InChI is InChI=1S/C20H31F2N3O3/c1-4-23-20(25(2)10-7-15-8-11-27-12-9-15)24-14-16-5-6-17(26-3)18(13-16)28-19(21)22/h5-6,13,15,19H,4,7-12,14H2,1-3H3,(H,23,24). The molecule has 0 saturated carbocycles. The topological polar surface area (TPSA) is 55.3 Å². The highest BCUT2D eigenvalue weighted by Crippen LogP contribution is 2.29. The number of hydrogen-bond donors (Lipinski definition) is 1. The van der Waals surface area contributed by atoms with Gasteiger partial charge < -0.3 is 24.4 Å². The highest BCUT2D eigenvalue weighted by molar-refractivity contribution is 5.79. The van der Waals surface area contributed by atoms with Crippen LogP contribution in [0.3, 0.4) is 0 Å². The van der Waals surface area contributed by atoms with Crippen molar-refractivity contribution in [2.45, 2.75) is 39.3 Å². The molecule has 8 heteroatoms. The van der Waals surface area contributed by atoms with Gasteiger partial charge in [0.05, 0.1) is 13.7 Å². The molecule has 6 nitrogen and oxygen atoms in total. The van der Waals surface area contributed by atoms with Crippen LogP contribution in [0.15, 0.2) is 23.2 Å². The lowest BCUT2D eigenvalue weighted by molar-refractivity contribution is -0.0512. The van der Waals surface area contributed by atoms with Crippen LogP contribution in [-0.4, -0.2) is 57.9 Å². The molecule has 0 bridgehead atoms.